The highest BCUT2D eigenvalue weighted by Gasteiger charge is 2.39. The molecule has 0 unspecified atom stereocenters. The molecule has 0 spiro atoms. The molecule has 0 bridgehead atoms. The van der Waals surface area contributed by atoms with E-state index in [0.717, 1.165) is 12.8 Å². The van der Waals surface area contributed by atoms with Crippen molar-refractivity contribution in [2.75, 3.05) is 6.61 Å². The van der Waals surface area contributed by atoms with Gasteiger partial charge in [0.2, 0.25) is 0 Å². The van der Waals surface area contributed by atoms with Crippen LogP contribution >= 0.6 is 11.6 Å². The van der Waals surface area contributed by atoms with Crippen LogP contribution in [0.15, 0.2) is 24.3 Å². The fraction of sp³-hybridized carbons (Fsp3) is 0.529. The second kappa shape index (κ2) is 8.18. The third-order valence-electron chi connectivity index (χ3n) is 3.19. The first kappa shape index (κ1) is 18.5. The Morgan fingerprint density at radius 1 is 1.23 bits per heavy atom. The predicted octanol–water partition coefficient (Wildman–Crippen LogP) is 4.25. The summed E-state index contributed by atoms with van der Waals surface area (Å²) in [6.45, 7) is 7.50. The third kappa shape index (κ3) is 5.68. The monoisotopic (exact) mass is 326 g/mol. The van der Waals surface area contributed by atoms with Crippen LogP contribution in [0.3, 0.4) is 0 Å². The molecular weight excluding hydrogens is 304 g/mol. The Balaban J connectivity index is 2.56. The highest BCUT2D eigenvalue weighted by atomic mass is 35.5. The number of carbonyl (C=O) groups excluding carboxylic acids is 2. The molecule has 0 aliphatic carbocycles. The van der Waals surface area contributed by atoms with Crippen molar-refractivity contribution in [1.29, 1.82) is 0 Å². The van der Waals surface area contributed by atoms with E-state index in [1.54, 1.807) is 18.2 Å². The Morgan fingerprint density at radius 2 is 1.91 bits per heavy atom. The number of ether oxygens (including phenoxy) is 2. The standard InChI is InChI=1S/C17H23ClO4/c1-12(2)7-6-10-21-15(19)17(3,4)16(20)22-14-9-5-8-13(18)11-14/h5,8-9,11-12H,6-7,10H2,1-4H3. The molecule has 0 saturated carbocycles. The third-order valence-corrected chi connectivity index (χ3v) is 3.42. The number of hydrogen-bond donors (Lipinski definition) is 0. The Bertz CT molecular complexity index is 523. The quantitative estimate of drug-likeness (QED) is 0.325. The Kier molecular flexibility index (Phi) is 6.88. The normalized spacial score (nSPS) is 11.4. The van der Waals surface area contributed by atoms with Crippen molar-refractivity contribution in [3.05, 3.63) is 29.3 Å². The lowest BCUT2D eigenvalue weighted by molar-refractivity contribution is -0.164. The van der Waals surface area contributed by atoms with Crippen LogP contribution in [0.2, 0.25) is 5.02 Å². The van der Waals surface area contributed by atoms with Gasteiger partial charge in [-0.2, -0.15) is 0 Å². The molecule has 0 aliphatic heterocycles. The number of benzene rings is 1. The number of esters is 2. The van der Waals surface area contributed by atoms with Crippen molar-refractivity contribution >= 4 is 23.5 Å². The predicted molar refractivity (Wildman–Crippen MR) is 85.9 cm³/mol. The van der Waals surface area contributed by atoms with E-state index in [2.05, 4.69) is 13.8 Å². The summed E-state index contributed by atoms with van der Waals surface area (Å²) in [6, 6.07) is 6.46. The molecule has 0 N–H and O–H groups in total. The molecule has 0 fully saturated rings. The van der Waals surface area contributed by atoms with Gasteiger partial charge in [0.05, 0.1) is 6.61 Å². The highest BCUT2D eigenvalue weighted by Crippen LogP contribution is 2.24. The minimum Gasteiger partial charge on any atom is -0.465 e. The number of rotatable bonds is 7. The van der Waals surface area contributed by atoms with Crippen molar-refractivity contribution in [3.63, 3.8) is 0 Å². The van der Waals surface area contributed by atoms with Crippen LogP contribution in [0.25, 0.3) is 0 Å². The molecule has 1 aromatic carbocycles. The van der Waals surface area contributed by atoms with E-state index in [9.17, 15) is 9.59 Å². The zero-order chi connectivity index (χ0) is 16.8. The molecule has 0 atom stereocenters. The van der Waals surface area contributed by atoms with Gasteiger partial charge in [-0.3, -0.25) is 9.59 Å². The number of hydrogen-bond acceptors (Lipinski definition) is 4. The summed E-state index contributed by atoms with van der Waals surface area (Å²) in [4.78, 5) is 24.2. The largest absolute Gasteiger partial charge is 0.465 e. The smallest absolute Gasteiger partial charge is 0.328 e. The molecule has 0 amide bonds. The fourth-order valence-electron chi connectivity index (χ4n) is 1.69. The van der Waals surface area contributed by atoms with E-state index in [1.165, 1.54) is 19.9 Å². The Morgan fingerprint density at radius 3 is 2.50 bits per heavy atom. The highest BCUT2D eigenvalue weighted by molar-refractivity contribution is 6.30. The topological polar surface area (TPSA) is 52.6 Å². The van der Waals surface area contributed by atoms with E-state index in [1.807, 2.05) is 0 Å². The van der Waals surface area contributed by atoms with Crippen LogP contribution in [-0.4, -0.2) is 18.5 Å². The van der Waals surface area contributed by atoms with Crippen LogP contribution in [0, 0.1) is 11.3 Å². The molecular formula is C17H23ClO4. The summed E-state index contributed by atoms with van der Waals surface area (Å²) in [5.74, 6) is -0.385. The molecule has 122 valence electrons. The molecule has 0 aromatic heterocycles. The molecule has 4 nitrogen and oxygen atoms in total. The first-order valence-electron chi connectivity index (χ1n) is 7.38. The van der Waals surface area contributed by atoms with Crippen LogP contribution in [0.1, 0.15) is 40.5 Å². The van der Waals surface area contributed by atoms with E-state index in [4.69, 9.17) is 21.1 Å². The van der Waals surface area contributed by atoms with Gasteiger partial charge >= 0.3 is 11.9 Å². The Hall–Kier alpha value is -1.55. The first-order valence-corrected chi connectivity index (χ1v) is 7.76. The minimum atomic E-state index is -1.36. The van der Waals surface area contributed by atoms with Crippen molar-refractivity contribution < 1.29 is 19.1 Å². The van der Waals surface area contributed by atoms with Crippen molar-refractivity contribution in [2.24, 2.45) is 11.3 Å². The van der Waals surface area contributed by atoms with Gasteiger partial charge in [-0.1, -0.05) is 31.5 Å². The van der Waals surface area contributed by atoms with Gasteiger partial charge in [0.15, 0.2) is 5.41 Å². The maximum Gasteiger partial charge on any atom is 0.328 e. The molecule has 1 rings (SSSR count). The molecule has 1 aromatic rings. The second-order valence-electron chi connectivity index (χ2n) is 6.14. The Labute approximate surface area is 136 Å². The second-order valence-corrected chi connectivity index (χ2v) is 6.58. The van der Waals surface area contributed by atoms with E-state index in [0.29, 0.717) is 23.3 Å². The summed E-state index contributed by atoms with van der Waals surface area (Å²) < 4.78 is 10.4. The van der Waals surface area contributed by atoms with E-state index in [-0.39, 0.29) is 0 Å². The lowest BCUT2D eigenvalue weighted by Gasteiger charge is -2.20. The summed E-state index contributed by atoms with van der Waals surface area (Å²) in [5.41, 5.74) is -1.36. The average Bonchev–Trinajstić information content (AvgIpc) is 2.43. The van der Waals surface area contributed by atoms with Gasteiger partial charge < -0.3 is 9.47 Å². The SMILES string of the molecule is CC(C)CCCOC(=O)C(C)(C)C(=O)Oc1cccc(Cl)c1. The lowest BCUT2D eigenvalue weighted by Crippen LogP contribution is -2.38. The van der Waals surface area contributed by atoms with Crippen LogP contribution < -0.4 is 4.74 Å². The maximum atomic E-state index is 12.2. The number of carbonyl (C=O) groups is 2. The van der Waals surface area contributed by atoms with E-state index < -0.39 is 17.4 Å². The van der Waals surface area contributed by atoms with Crippen molar-refractivity contribution in [2.45, 2.75) is 40.5 Å². The molecule has 0 aliphatic rings. The van der Waals surface area contributed by atoms with Gasteiger partial charge in [-0.25, -0.2) is 0 Å². The van der Waals surface area contributed by atoms with Gasteiger partial charge in [0, 0.05) is 5.02 Å². The molecule has 22 heavy (non-hydrogen) atoms. The zero-order valence-corrected chi connectivity index (χ0v) is 14.3. The summed E-state index contributed by atoms with van der Waals surface area (Å²) in [6.07, 6.45) is 1.75. The van der Waals surface area contributed by atoms with Crippen LogP contribution in [0.4, 0.5) is 0 Å². The molecule has 0 saturated heterocycles. The van der Waals surface area contributed by atoms with Crippen LogP contribution in [-0.2, 0) is 14.3 Å². The molecule has 0 heterocycles. The van der Waals surface area contributed by atoms with Crippen LogP contribution in [0.5, 0.6) is 5.75 Å². The average molecular weight is 327 g/mol. The lowest BCUT2D eigenvalue weighted by atomic mass is 9.94. The molecule has 0 radical (unpaired) electrons. The van der Waals surface area contributed by atoms with Gasteiger partial charge in [-0.05, 0) is 50.8 Å². The summed E-state index contributed by atoms with van der Waals surface area (Å²) in [7, 11) is 0. The van der Waals surface area contributed by atoms with Gasteiger partial charge in [-0.15, -0.1) is 0 Å². The number of halogens is 1. The van der Waals surface area contributed by atoms with Crippen molar-refractivity contribution in [3.8, 4) is 5.75 Å². The van der Waals surface area contributed by atoms with Gasteiger partial charge in [0.1, 0.15) is 5.75 Å². The zero-order valence-electron chi connectivity index (χ0n) is 13.5. The maximum absolute atomic E-state index is 12.2. The van der Waals surface area contributed by atoms with E-state index >= 15 is 0 Å². The fourth-order valence-corrected chi connectivity index (χ4v) is 1.87. The summed E-state index contributed by atoms with van der Waals surface area (Å²) >= 11 is 5.83. The summed E-state index contributed by atoms with van der Waals surface area (Å²) in [5, 5.41) is 0.458. The first-order chi connectivity index (χ1) is 10.2. The van der Waals surface area contributed by atoms with Crippen molar-refractivity contribution in [1.82, 2.24) is 0 Å². The van der Waals surface area contributed by atoms with Gasteiger partial charge in [0.25, 0.3) is 0 Å². The minimum absolute atomic E-state index is 0.304. The molecule has 5 heteroatoms.